The predicted octanol–water partition coefficient (Wildman–Crippen LogP) is 5.07. The van der Waals surface area contributed by atoms with Crippen LogP contribution >= 0.6 is 0 Å². The van der Waals surface area contributed by atoms with Crippen molar-refractivity contribution in [1.82, 2.24) is 9.80 Å². The van der Waals surface area contributed by atoms with Crippen LogP contribution in [-0.4, -0.2) is 71.9 Å². The van der Waals surface area contributed by atoms with Gasteiger partial charge < -0.3 is 19.6 Å². The highest BCUT2D eigenvalue weighted by atomic mass is 19.1. The first kappa shape index (κ1) is 26.5. The Hall–Kier alpha value is -2.58. The third kappa shape index (κ3) is 6.40. The van der Waals surface area contributed by atoms with Gasteiger partial charge in [-0.2, -0.15) is 0 Å². The van der Waals surface area contributed by atoms with Crippen LogP contribution in [-0.2, 0) is 0 Å². The molecule has 0 radical (unpaired) electrons. The lowest BCUT2D eigenvalue weighted by Gasteiger charge is -2.34. The van der Waals surface area contributed by atoms with Gasteiger partial charge in [0.1, 0.15) is 23.1 Å². The van der Waals surface area contributed by atoms with E-state index in [0.29, 0.717) is 31.4 Å². The number of ether oxygens (including phenoxy) is 1. The number of rotatable bonds is 8. The highest BCUT2D eigenvalue weighted by Crippen LogP contribution is 2.30. The number of piperidine rings is 1. The molecule has 2 aromatic carbocycles. The summed E-state index contributed by atoms with van der Waals surface area (Å²) in [6.07, 6.45) is 3.31. The van der Waals surface area contributed by atoms with Crippen molar-refractivity contribution in [2.75, 3.05) is 39.4 Å². The molecule has 0 saturated carbocycles. The largest absolute Gasteiger partial charge is 0.493 e. The zero-order chi connectivity index (χ0) is 25.9. The summed E-state index contributed by atoms with van der Waals surface area (Å²) in [6.45, 7) is 6.06. The number of aliphatic hydroxyl groups is 1. The van der Waals surface area contributed by atoms with Crippen LogP contribution in [0.5, 0.6) is 5.75 Å². The SMILES string of the molecule is CC(C)(F)CN1CCC(COc2ccc(-c3ccc(C(=O)N4CCC[C@@H]4CO)cc3F)c(F)c2)CC1. The molecule has 196 valence electrons. The minimum absolute atomic E-state index is 0.0684. The van der Waals surface area contributed by atoms with E-state index in [2.05, 4.69) is 4.90 Å². The normalized spacial score (nSPS) is 19.6. The van der Waals surface area contributed by atoms with Gasteiger partial charge in [-0.3, -0.25) is 4.79 Å². The lowest BCUT2D eigenvalue weighted by molar-refractivity contribution is 0.0677. The fraction of sp³-hybridized carbons (Fsp3) is 0.536. The predicted molar refractivity (Wildman–Crippen MR) is 133 cm³/mol. The van der Waals surface area contributed by atoms with Gasteiger partial charge in [0.2, 0.25) is 0 Å². The van der Waals surface area contributed by atoms with E-state index in [0.717, 1.165) is 44.8 Å². The topological polar surface area (TPSA) is 53.0 Å². The minimum Gasteiger partial charge on any atom is -0.493 e. The van der Waals surface area contributed by atoms with Crippen LogP contribution in [0.15, 0.2) is 36.4 Å². The Kier molecular flexibility index (Phi) is 8.25. The second kappa shape index (κ2) is 11.2. The summed E-state index contributed by atoms with van der Waals surface area (Å²) in [5, 5.41) is 9.46. The summed E-state index contributed by atoms with van der Waals surface area (Å²) in [6, 6.07) is 8.15. The molecule has 0 aromatic heterocycles. The maximum Gasteiger partial charge on any atom is 0.254 e. The number of amides is 1. The molecule has 5 nitrogen and oxygen atoms in total. The lowest BCUT2D eigenvalue weighted by atomic mass is 9.96. The van der Waals surface area contributed by atoms with E-state index in [1.807, 2.05) is 0 Å². The first-order valence-electron chi connectivity index (χ1n) is 12.7. The van der Waals surface area contributed by atoms with Crippen LogP contribution in [0, 0.1) is 17.6 Å². The van der Waals surface area contributed by atoms with E-state index in [4.69, 9.17) is 4.74 Å². The Bertz CT molecular complexity index is 1060. The zero-order valence-electron chi connectivity index (χ0n) is 21.0. The molecular formula is C28H35F3N2O3. The summed E-state index contributed by atoms with van der Waals surface area (Å²) < 4.78 is 49.5. The molecule has 0 bridgehead atoms. The van der Waals surface area contributed by atoms with Gasteiger partial charge in [0, 0.05) is 35.8 Å². The van der Waals surface area contributed by atoms with Crippen molar-refractivity contribution in [3.63, 3.8) is 0 Å². The van der Waals surface area contributed by atoms with Gasteiger partial charge >= 0.3 is 0 Å². The third-order valence-corrected chi connectivity index (χ3v) is 7.09. The van der Waals surface area contributed by atoms with E-state index in [9.17, 15) is 23.1 Å². The smallest absolute Gasteiger partial charge is 0.254 e. The minimum atomic E-state index is -1.21. The zero-order valence-corrected chi connectivity index (χ0v) is 21.0. The monoisotopic (exact) mass is 504 g/mol. The van der Waals surface area contributed by atoms with Crippen molar-refractivity contribution < 1.29 is 27.8 Å². The molecule has 2 heterocycles. The number of alkyl halides is 1. The summed E-state index contributed by atoms with van der Waals surface area (Å²) in [7, 11) is 0. The van der Waals surface area contributed by atoms with E-state index < -0.39 is 17.3 Å². The molecule has 1 atom stereocenters. The van der Waals surface area contributed by atoms with Gasteiger partial charge in [0.05, 0.1) is 19.3 Å². The van der Waals surface area contributed by atoms with Gasteiger partial charge in [-0.05, 0) is 82.8 Å². The Morgan fingerprint density at radius 1 is 1.03 bits per heavy atom. The number of carbonyl (C=O) groups is 1. The highest BCUT2D eigenvalue weighted by Gasteiger charge is 2.29. The lowest BCUT2D eigenvalue weighted by Crippen LogP contribution is -2.41. The molecule has 2 aliphatic heterocycles. The fourth-order valence-electron chi connectivity index (χ4n) is 5.19. The Morgan fingerprint density at radius 2 is 1.69 bits per heavy atom. The summed E-state index contributed by atoms with van der Waals surface area (Å²) >= 11 is 0. The quantitative estimate of drug-likeness (QED) is 0.546. The molecule has 8 heteroatoms. The number of benzene rings is 2. The second-order valence-electron chi connectivity index (χ2n) is 10.6. The van der Waals surface area contributed by atoms with Crippen LogP contribution in [0.2, 0.25) is 0 Å². The van der Waals surface area contributed by atoms with E-state index in [-0.39, 0.29) is 35.2 Å². The van der Waals surface area contributed by atoms with Crippen LogP contribution in [0.3, 0.4) is 0 Å². The van der Waals surface area contributed by atoms with Gasteiger partial charge in [0.25, 0.3) is 5.91 Å². The van der Waals surface area contributed by atoms with Crippen molar-refractivity contribution in [3.05, 3.63) is 53.6 Å². The molecular weight excluding hydrogens is 469 g/mol. The Balaban J connectivity index is 1.36. The Morgan fingerprint density at radius 3 is 2.31 bits per heavy atom. The third-order valence-electron chi connectivity index (χ3n) is 7.09. The van der Waals surface area contributed by atoms with Crippen molar-refractivity contribution in [2.24, 2.45) is 5.92 Å². The molecule has 0 unspecified atom stereocenters. The number of hydrogen-bond acceptors (Lipinski definition) is 4. The van der Waals surface area contributed by atoms with E-state index in [1.54, 1.807) is 24.8 Å². The number of hydrogen-bond donors (Lipinski definition) is 1. The summed E-state index contributed by atoms with van der Waals surface area (Å²) in [4.78, 5) is 16.4. The molecule has 0 aliphatic carbocycles. The fourth-order valence-corrected chi connectivity index (χ4v) is 5.19. The molecule has 2 fully saturated rings. The van der Waals surface area contributed by atoms with E-state index in [1.165, 1.54) is 24.3 Å². The molecule has 0 spiro atoms. The number of carbonyl (C=O) groups excluding carboxylic acids is 1. The number of halogens is 3. The van der Waals surface area contributed by atoms with Gasteiger partial charge in [-0.1, -0.05) is 6.07 Å². The van der Waals surface area contributed by atoms with Crippen LogP contribution in [0.1, 0.15) is 49.9 Å². The van der Waals surface area contributed by atoms with E-state index >= 15 is 0 Å². The maximum atomic E-state index is 14.9. The summed E-state index contributed by atoms with van der Waals surface area (Å²) in [5.74, 6) is -0.933. The average Bonchev–Trinajstić information content (AvgIpc) is 3.31. The first-order chi connectivity index (χ1) is 17.1. The van der Waals surface area contributed by atoms with Crippen LogP contribution in [0.4, 0.5) is 13.2 Å². The van der Waals surface area contributed by atoms with Crippen molar-refractivity contribution in [2.45, 2.75) is 51.2 Å². The molecule has 4 rings (SSSR count). The first-order valence-corrected chi connectivity index (χ1v) is 12.7. The molecule has 1 amide bonds. The highest BCUT2D eigenvalue weighted by molar-refractivity contribution is 5.95. The second-order valence-corrected chi connectivity index (χ2v) is 10.6. The molecule has 36 heavy (non-hydrogen) atoms. The number of likely N-dealkylation sites (tertiary alicyclic amines) is 2. The molecule has 1 N–H and O–H groups in total. The number of aliphatic hydroxyl groups excluding tert-OH is 1. The Labute approximate surface area is 210 Å². The van der Waals surface area contributed by atoms with Crippen molar-refractivity contribution in [3.8, 4) is 16.9 Å². The van der Waals surface area contributed by atoms with Gasteiger partial charge in [-0.25, -0.2) is 13.2 Å². The van der Waals surface area contributed by atoms with Crippen LogP contribution < -0.4 is 4.74 Å². The number of nitrogens with zero attached hydrogens (tertiary/aromatic N) is 2. The summed E-state index contributed by atoms with van der Waals surface area (Å²) in [5.41, 5.74) is -0.873. The van der Waals surface area contributed by atoms with Crippen molar-refractivity contribution in [1.29, 1.82) is 0 Å². The van der Waals surface area contributed by atoms with Crippen LogP contribution in [0.25, 0.3) is 11.1 Å². The molecule has 2 aromatic rings. The van der Waals surface area contributed by atoms with Crippen molar-refractivity contribution >= 4 is 5.91 Å². The standard InChI is InChI=1S/C28H35F3N2O3/c1-28(2,31)18-32-12-9-19(10-13-32)17-36-22-6-8-24(26(30)15-22)23-7-5-20(14-25(23)29)27(35)33-11-3-4-21(33)16-34/h5-8,14-15,19,21,34H,3-4,9-13,16-18H2,1-2H3/t21-/m1/s1. The maximum absolute atomic E-state index is 14.9. The molecule has 2 aliphatic rings. The van der Waals surface area contributed by atoms with Gasteiger partial charge in [-0.15, -0.1) is 0 Å². The molecule has 2 saturated heterocycles. The average molecular weight is 505 g/mol. The van der Waals surface area contributed by atoms with Gasteiger partial charge in [0.15, 0.2) is 0 Å².